The van der Waals surface area contributed by atoms with Crippen LogP contribution in [0.2, 0.25) is 0 Å². The van der Waals surface area contributed by atoms with Crippen LogP contribution in [0.3, 0.4) is 0 Å². The number of benzene rings is 1. The van der Waals surface area contributed by atoms with Crippen LogP contribution in [0.25, 0.3) is 11.0 Å². The molecule has 0 aliphatic carbocycles. The first-order chi connectivity index (χ1) is 7.81. The number of carbonyl (C=O) groups excluding carboxylic acids is 1. The summed E-state index contributed by atoms with van der Waals surface area (Å²) < 4.78 is 1.75. The van der Waals surface area contributed by atoms with Crippen molar-refractivity contribution in [1.29, 1.82) is 0 Å². The Morgan fingerprint density at radius 1 is 1.44 bits per heavy atom. The van der Waals surface area contributed by atoms with Crippen molar-refractivity contribution in [3.8, 4) is 0 Å². The van der Waals surface area contributed by atoms with Crippen LogP contribution in [-0.4, -0.2) is 33.3 Å². The number of rotatable bonds is 4. The van der Waals surface area contributed by atoms with Crippen molar-refractivity contribution in [3.05, 3.63) is 24.3 Å². The highest BCUT2D eigenvalue weighted by molar-refractivity contribution is 6.27. The Kier molecular flexibility index (Phi) is 3.36. The van der Waals surface area contributed by atoms with Crippen LogP contribution in [-0.2, 0) is 11.3 Å². The monoisotopic (exact) mass is 238 g/mol. The van der Waals surface area contributed by atoms with Crippen LogP contribution in [0, 0.1) is 0 Å². The number of fused-ring (bicyclic) bond motifs is 1. The fraction of sp³-hybridized carbons (Fsp3) is 0.300. The fourth-order valence-electron chi connectivity index (χ4n) is 1.43. The van der Waals surface area contributed by atoms with Gasteiger partial charge in [-0.15, -0.1) is 16.7 Å². The number of amides is 1. The van der Waals surface area contributed by atoms with E-state index in [1.54, 1.807) is 4.68 Å². The van der Waals surface area contributed by atoms with Gasteiger partial charge in [-0.1, -0.05) is 17.3 Å². The quantitative estimate of drug-likeness (QED) is 0.801. The Morgan fingerprint density at radius 3 is 3.06 bits per heavy atom. The Balaban J connectivity index is 2.02. The largest absolute Gasteiger partial charge is 0.353 e. The Labute approximate surface area is 97.4 Å². The summed E-state index contributed by atoms with van der Waals surface area (Å²) in [6.07, 6.45) is 0. The molecule has 1 aromatic carbocycles. The van der Waals surface area contributed by atoms with Crippen molar-refractivity contribution in [2.45, 2.75) is 6.54 Å². The van der Waals surface area contributed by atoms with Gasteiger partial charge in [0.1, 0.15) is 11.4 Å². The zero-order chi connectivity index (χ0) is 11.4. The molecule has 0 bridgehead atoms. The van der Waals surface area contributed by atoms with Gasteiger partial charge in [-0.3, -0.25) is 4.79 Å². The topological polar surface area (TPSA) is 59.8 Å². The normalized spacial score (nSPS) is 10.6. The summed E-state index contributed by atoms with van der Waals surface area (Å²) in [6.45, 7) is 1.09. The molecule has 84 valence electrons. The van der Waals surface area contributed by atoms with Crippen molar-refractivity contribution >= 4 is 28.5 Å². The molecule has 0 saturated heterocycles. The van der Waals surface area contributed by atoms with Gasteiger partial charge in [-0.25, -0.2) is 4.68 Å². The molecule has 0 saturated carbocycles. The smallest absolute Gasteiger partial charge is 0.234 e. The highest BCUT2D eigenvalue weighted by Crippen LogP contribution is 2.08. The number of aromatic nitrogens is 3. The molecule has 2 aromatic rings. The summed E-state index contributed by atoms with van der Waals surface area (Å²) in [4.78, 5) is 10.9. The molecule has 1 amide bonds. The highest BCUT2D eigenvalue weighted by atomic mass is 35.5. The van der Waals surface area contributed by atoms with Gasteiger partial charge in [-0.05, 0) is 12.1 Å². The lowest BCUT2D eigenvalue weighted by Gasteiger charge is -2.03. The SMILES string of the molecule is O=C(CCl)NCCn1nnc2ccccc21. The van der Waals surface area contributed by atoms with E-state index in [9.17, 15) is 4.79 Å². The van der Waals surface area contributed by atoms with Gasteiger partial charge in [0, 0.05) is 6.54 Å². The second-order valence-corrected chi connectivity index (χ2v) is 3.55. The molecule has 0 unspecified atom stereocenters. The number of hydrogen-bond donors (Lipinski definition) is 1. The molecular formula is C10H11ClN4O. The third kappa shape index (κ3) is 2.30. The fourth-order valence-corrected chi connectivity index (χ4v) is 1.53. The van der Waals surface area contributed by atoms with E-state index in [1.165, 1.54) is 0 Å². The molecule has 1 aromatic heterocycles. The molecule has 6 heteroatoms. The molecular weight excluding hydrogens is 228 g/mol. The van der Waals surface area contributed by atoms with Crippen LogP contribution in [0.4, 0.5) is 0 Å². The average Bonchev–Trinajstić information content (AvgIpc) is 2.73. The summed E-state index contributed by atoms with van der Waals surface area (Å²) in [5.74, 6) is -0.191. The molecule has 16 heavy (non-hydrogen) atoms. The van der Waals surface area contributed by atoms with Crippen molar-refractivity contribution in [1.82, 2.24) is 20.3 Å². The molecule has 1 N–H and O–H groups in total. The summed E-state index contributed by atoms with van der Waals surface area (Å²) in [7, 11) is 0. The van der Waals surface area contributed by atoms with E-state index in [0.29, 0.717) is 13.1 Å². The standard InChI is InChI=1S/C10H11ClN4O/c11-7-10(16)12-5-6-15-9-4-2-1-3-8(9)13-14-15/h1-4H,5-7H2,(H,12,16). The first kappa shape index (κ1) is 10.9. The number of carbonyl (C=O) groups is 1. The van der Waals surface area contributed by atoms with Gasteiger partial charge < -0.3 is 5.32 Å². The molecule has 5 nitrogen and oxygen atoms in total. The lowest BCUT2D eigenvalue weighted by molar-refractivity contribution is -0.118. The highest BCUT2D eigenvalue weighted by Gasteiger charge is 2.03. The maximum Gasteiger partial charge on any atom is 0.234 e. The molecule has 0 spiro atoms. The van der Waals surface area contributed by atoms with Gasteiger partial charge >= 0.3 is 0 Å². The van der Waals surface area contributed by atoms with Crippen LogP contribution < -0.4 is 5.32 Å². The van der Waals surface area contributed by atoms with Gasteiger partial charge in [0.05, 0.1) is 12.1 Å². The number of para-hydroxylation sites is 1. The van der Waals surface area contributed by atoms with E-state index >= 15 is 0 Å². The second kappa shape index (κ2) is 4.94. The minimum absolute atomic E-state index is 0.0158. The Bertz CT molecular complexity index is 496. The van der Waals surface area contributed by atoms with Gasteiger partial charge in [0.25, 0.3) is 0 Å². The Morgan fingerprint density at radius 2 is 2.25 bits per heavy atom. The third-order valence-electron chi connectivity index (χ3n) is 2.19. The van der Waals surface area contributed by atoms with Crippen molar-refractivity contribution < 1.29 is 4.79 Å². The van der Waals surface area contributed by atoms with Crippen molar-refractivity contribution in [2.75, 3.05) is 12.4 Å². The number of nitrogens with zero attached hydrogens (tertiary/aromatic N) is 3. The summed E-state index contributed by atoms with van der Waals surface area (Å²) in [5.41, 5.74) is 1.81. The van der Waals surface area contributed by atoms with Crippen LogP contribution in [0.15, 0.2) is 24.3 Å². The van der Waals surface area contributed by atoms with Gasteiger partial charge in [0.15, 0.2) is 0 Å². The molecule has 0 radical (unpaired) electrons. The van der Waals surface area contributed by atoms with E-state index in [0.717, 1.165) is 11.0 Å². The lowest BCUT2D eigenvalue weighted by atomic mass is 10.3. The average molecular weight is 239 g/mol. The zero-order valence-electron chi connectivity index (χ0n) is 8.56. The number of alkyl halides is 1. The van der Waals surface area contributed by atoms with Crippen molar-refractivity contribution in [3.63, 3.8) is 0 Å². The maximum atomic E-state index is 10.9. The van der Waals surface area contributed by atoms with Crippen LogP contribution in [0.1, 0.15) is 0 Å². The first-order valence-corrected chi connectivity index (χ1v) is 5.45. The molecule has 0 aliphatic heterocycles. The number of halogens is 1. The summed E-state index contributed by atoms with van der Waals surface area (Å²) in [6, 6.07) is 7.69. The van der Waals surface area contributed by atoms with Crippen molar-refractivity contribution in [2.24, 2.45) is 0 Å². The molecule has 0 fully saturated rings. The molecule has 1 heterocycles. The van der Waals surface area contributed by atoms with E-state index in [4.69, 9.17) is 11.6 Å². The van der Waals surface area contributed by atoms with Gasteiger partial charge in [-0.2, -0.15) is 0 Å². The van der Waals surface area contributed by atoms with E-state index in [1.807, 2.05) is 24.3 Å². The molecule has 2 rings (SSSR count). The van der Waals surface area contributed by atoms with Crippen LogP contribution in [0.5, 0.6) is 0 Å². The Hall–Kier alpha value is -1.62. The van der Waals surface area contributed by atoms with Crippen LogP contribution >= 0.6 is 11.6 Å². The third-order valence-corrected chi connectivity index (χ3v) is 2.43. The van der Waals surface area contributed by atoms with E-state index in [-0.39, 0.29) is 11.8 Å². The second-order valence-electron chi connectivity index (χ2n) is 3.28. The van der Waals surface area contributed by atoms with Gasteiger partial charge in [0.2, 0.25) is 5.91 Å². The zero-order valence-corrected chi connectivity index (χ0v) is 9.31. The minimum atomic E-state index is -0.175. The first-order valence-electron chi connectivity index (χ1n) is 4.92. The molecule has 0 aliphatic rings. The predicted octanol–water partition coefficient (Wildman–Crippen LogP) is 0.786. The number of nitrogens with one attached hydrogen (secondary N) is 1. The summed E-state index contributed by atoms with van der Waals surface area (Å²) >= 11 is 5.36. The van der Waals surface area contributed by atoms with E-state index in [2.05, 4.69) is 15.6 Å². The lowest BCUT2D eigenvalue weighted by Crippen LogP contribution is -2.28. The molecule has 0 atom stereocenters. The predicted molar refractivity (Wildman–Crippen MR) is 61.3 cm³/mol. The number of hydrogen-bond acceptors (Lipinski definition) is 3. The summed E-state index contributed by atoms with van der Waals surface area (Å²) in [5, 5.41) is 10.7. The minimum Gasteiger partial charge on any atom is -0.353 e. The maximum absolute atomic E-state index is 10.9. The van der Waals surface area contributed by atoms with E-state index < -0.39 is 0 Å².